The molecule has 1 atom stereocenters. The Bertz CT molecular complexity index is 2040. The quantitative estimate of drug-likeness (QED) is 0.162. The SMILES string of the molecule is Oc1cc(F)cc(-c2cncc3[nH]c(-c4n[nH]c5cnc(-c6cncc(NC(O)Cc7ccccc7)c6)cc45)nc23)c1. The summed E-state index contributed by atoms with van der Waals surface area (Å²) in [6.45, 7) is 0. The highest BCUT2D eigenvalue weighted by molar-refractivity contribution is 5.97. The second-order valence-corrected chi connectivity index (χ2v) is 9.87. The molecule has 0 aliphatic carbocycles. The summed E-state index contributed by atoms with van der Waals surface area (Å²) >= 11 is 0. The molecule has 7 aromatic rings. The number of H-pyrrole nitrogens is 2. The highest BCUT2D eigenvalue weighted by Gasteiger charge is 2.17. The van der Waals surface area contributed by atoms with E-state index in [0.717, 1.165) is 22.6 Å². The zero-order chi connectivity index (χ0) is 28.6. The third kappa shape index (κ3) is 4.88. The lowest BCUT2D eigenvalue weighted by Gasteiger charge is -2.14. The van der Waals surface area contributed by atoms with Gasteiger partial charge in [0.25, 0.3) is 0 Å². The van der Waals surface area contributed by atoms with Gasteiger partial charge in [0.05, 0.1) is 46.5 Å². The first-order valence-corrected chi connectivity index (χ1v) is 13.1. The molecule has 0 saturated heterocycles. The van der Waals surface area contributed by atoms with Gasteiger partial charge >= 0.3 is 0 Å². The Morgan fingerprint density at radius 2 is 1.74 bits per heavy atom. The van der Waals surface area contributed by atoms with Gasteiger partial charge in [-0.05, 0) is 35.4 Å². The minimum absolute atomic E-state index is 0.185. The first-order chi connectivity index (χ1) is 20.5. The number of aliphatic hydroxyl groups is 1. The average Bonchev–Trinajstić information content (AvgIpc) is 3.61. The number of halogens is 1. The normalized spacial score (nSPS) is 12.1. The van der Waals surface area contributed by atoms with Crippen molar-refractivity contribution in [3.05, 3.63) is 103 Å². The number of imidazole rings is 1. The average molecular weight is 559 g/mol. The van der Waals surface area contributed by atoms with E-state index >= 15 is 0 Å². The lowest BCUT2D eigenvalue weighted by Crippen LogP contribution is -2.21. The van der Waals surface area contributed by atoms with Crippen LogP contribution in [0.2, 0.25) is 0 Å². The molecule has 1 unspecified atom stereocenters. The topological polar surface area (TPSA) is 149 Å². The molecule has 0 radical (unpaired) electrons. The van der Waals surface area contributed by atoms with Crippen molar-refractivity contribution in [3.8, 4) is 39.7 Å². The second kappa shape index (κ2) is 10.4. The number of aromatic amines is 2. The Morgan fingerprint density at radius 3 is 2.60 bits per heavy atom. The van der Waals surface area contributed by atoms with Crippen LogP contribution in [-0.2, 0) is 6.42 Å². The van der Waals surface area contributed by atoms with Gasteiger partial charge in [0.2, 0.25) is 0 Å². The number of fused-ring (bicyclic) bond motifs is 2. The number of aliphatic hydroxyl groups excluding tert-OH is 1. The molecular formula is C31H23FN8O2. The van der Waals surface area contributed by atoms with E-state index in [1.54, 1.807) is 31.0 Å². The number of anilines is 1. The summed E-state index contributed by atoms with van der Waals surface area (Å²) < 4.78 is 14.0. The predicted molar refractivity (Wildman–Crippen MR) is 157 cm³/mol. The largest absolute Gasteiger partial charge is 0.508 e. The Balaban J connectivity index is 1.21. The minimum atomic E-state index is -0.788. The summed E-state index contributed by atoms with van der Waals surface area (Å²) in [6.07, 6.45) is 7.92. The Hall–Kier alpha value is -5.68. The van der Waals surface area contributed by atoms with Gasteiger partial charge in [-0.15, -0.1) is 0 Å². The van der Waals surface area contributed by atoms with E-state index in [1.807, 2.05) is 42.5 Å². The molecule has 0 saturated carbocycles. The number of hydrogen-bond acceptors (Lipinski definition) is 8. The van der Waals surface area contributed by atoms with Gasteiger partial charge in [0, 0.05) is 41.4 Å². The van der Waals surface area contributed by atoms with Crippen LogP contribution < -0.4 is 5.32 Å². The Labute approximate surface area is 238 Å². The monoisotopic (exact) mass is 558 g/mol. The zero-order valence-corrected chi connectivity index (χ0v) is 22.0. The van der Waals surface area contributed by atoms with Crippen molar-refractivity contribution in [1.29, 1.82) is 0 Å². The van der Waals surface area contributed by atoms with Crippen molar-refractivity contribution in [1.82, 2.24) is 35.1 Å². The second-order valence-electron chi connectivity index (χ2n) is 9.87. The first kappa shape index (κ1) is 25.3. The van der Waals surface area contributed by atoms with Crippen LogP contribution >= 0.6 is 0 Å². The number of nitrogens with zero attached hydrogens (tertiary/aromatic N) is 5. The third-order valence-electron chi connectivity index (χ3n) is 6.90. The fraction of sp³-hybridized carbons (Fsp3) is 0.0645. The van der Waals surface area contributed by atoms with E-state index in [2.05, 4.69) is 35.5 Å². The van der Waals surface area contributed by atoms with E-state index in [9.17, 15) is 14.6 Å². The highest BCUT2D eigenvalue weighted by atomic mass is 19.1. The zero-order valence-electron chi connectivity index (χ0n) is 22.0. The number of nitrogens with one attached hydrogen (secondary N) is 3. The van der Waals surface area contributed by atoms with Crippen molar-refractivity contribution in [2.45, 2.75) is 12.6 Å². The number of phenols is 1. The van der Waals surface area contributed by atoms with Crippen LogP contribution in [0.15, 0.2) is 91.6 Å². The first-order valence-electron chi connectivity index (χ1n) is 13.1. The number of aromatic hydroxyl groups is 1. The van der Waals surface area contributed by atoms with Crippen molar-refractivity contribution < 1.29 is 14.6 Å². The predicted octanol–water partition coefficient (Wildman–Crippen LogP) is 5.44. The Morgan fingerprint density at radius 1 is 0.881 bits per heavy atom. The summed E-state index contributed by atoms with van der Waals surface area (Å²) in [5, 5.41) is 31.8. The van der Waals surface area contributed by atoms with Gasteiger partial charge in [-0.2, -0.15) is 5.10 Å². The third-order valence-corrected chi connectivity index (χ3v) is 6.90. The lowest BCUT2D eigenvalue weighted by atomic mass is 10.1. The lowest BCUT2D eigenvalue weighted by molar-refractivity contribution is 0.204. The van der Waals surface area contributed by atoms with Crippen LogP contribution in [-0.4, -0.2) is 51.6 Å². The summed E-state index contributed by atoms with van der Waals surface area (Å²) in [7, 11) is 0. The molecule has 5 aromatic heterocycles. The van der Waals surface area contributed by atoms with Gasteiger partial charge in [-0.3, -0.25) is 20.1 Å². The van der Waals surface area contributed by atoms with Crippen LogP contribution in [0.5, 0.6) is 5.75 Å². The number of aromatic nitrogens is 7. The number of phenolic OH excluding ortho intramolecular Hbond substituents is 1. The molecule has 0 bridgehead atoms. The molecule has 0 spiro atoms. The smallest absolute Gasteiger partial charge is 0.159 e. The fourth-order valence-electron chi connectivity index (χ4n) is 4.98. The molecule has 5 N–H and O–H groups in total. The van der Waals surface area contributed by atoms with Crippen LogP contribution in [0.3, 0.4) is 0 Å². The number of hydrogen-bond donors (Lipinski definition) is 5. The van der Waals surface area contributed by atoms with Crippen molar-refractivity contribution in [2.24, 2.45) is 0 Å². The van der Waals surface area contributed by atoms with Gasteiger partial charge < -0.3 is 20.5 Å². The summed E-state index contributed by atoms with van der Waals surface area (Å²) in [6, 6.07) is 17.4. The van der Waals surface area contributed by atoms with Crippen molar-refractivity contribution >= 4 is 27.6 Å². The molecule has 42 heavy (non-hydrogen) atoms. The number of benzene rings is 2. The standard InChI is InChI=1S/C31H23FN8O2/c32-20-7-18(9-22(41)10-20)24-14-34-15-27-29(24)38-31(37-27)30-23-11-25(35-16-26(23)39-40-30)19-8-21(13-33-12-19)36-28(42)6-17-4-2-1-3-5-17/h1-5,7-16,28,36,41-42H,6H2,(H,37,38)(H,39,40). The molecule has 5 heterocycles. The summed E-state index contributed by atoms with van der Waals surface area (Å²) in [5.74, 6) is -0.257. The minimum Gasteiger partial charge on any atom is -0.508 e. The Kier molecular flexibility index (Phi) is 6.25. The van der Waals surface area contributed by atoms with E-state index in [-0.39, 0.29) is 5.75 Å². The number of pyridine rings is 3. The maximum absolute atomic E-state index is 14.0. The summed E-state index contributed by atoms with van der Waals surface area (Å²) in [4.78, 5) is 21.2. The molecular weight excluding hydrogens is 535 g/mol. The molecule has 0 aliphatic rings. The maximum Gasteiger partial charge on any atom is 0.159 e. The molecule has 11 heteroatoms. The van der Waals surface area contributed by atoms with Crippen molar-refractivity contribution in [2.75, 3.05) is 5.32 Å². The number of rotatable bonds is 7. The van der Waals surface area contributed by atoms with E-state index in [4.69, 9.17) is 4.98 Å². The van der Waals surface area contributed by atoms with Crippen LogP contribution in [0, 0.1) is 5.82 Å². The molecule has 0 aliphatic heterocycles. The van der Waals surface area contributed by atoms with E-state index in [1.165, 1.54) is 12.1 Å². The molecule has 0 amide bonds. The van der Waals surface area contributed by atoms with Gasteiger partial charge in [-0.25, -0.2) is 9.37 Å². The maximum atomic E-state index is 14.0. The van der Waals surface area contributed by atoms with Crippen LogP contribution in [0.4, 0.5) is 10.1 Å². The molecule has 7 rings (SSSR count). The molecule has 2 aromatic carbocycles. The van der Waals surface area contributed by atoms with Crippen LogP contribution in [0.25, 0.3) is 55.8 Å². The van der Waals surface area contributed by atoms with Gasteiger partial charge in [0.1, 0.15) is 23.5 Å². The van der Waals surface area contributed by atoms with E-state index < -0.39 is 12.0 Å². The van der Waals surface area contributed by atoms with Gasteiger partial charge in [-0.1, -0.05) is 30.3 Å². The van der Waals surface area contributed by atoms with Gasteiger partial charge in [0.15, 0.2) is 5.82 Å². The molecule has 206 valence electrons. The fourth-order valence-corrected chi connectivity index (χ4v) is 4.98. The van der Waals surface area contributed by atoms with E-state index in [0.29, 0.717) is 57.0 Å². The summed E-state index contributed by atoms with van der Waals surface area (Å²) in [5.41, 5.74) is 6.58. The molecule has 0 fully saturated rings. The van der Waals surface area contributed by atoms with Crippen molar-refractivity contribution in [3.63, 3.8) is 0 Å². The molecule has 10 nitrogen and oxygen atoms in total. The highest BCUT2D eigenvalue weighted by Crippen LogP contribution is 2.33. The van der Waals surface area contributed by atoms with Crippen LogP contribution in [0.1, 0.15) is 5.56 Å².